The zero-order valence-electron chi connectivity index (χ0n) is 13.3. The number of esters is 1. The van der Waals surface area contributed by atoms with Crippen LogP contribution in [0.3, 0.4) is 0 Å². The van der Waals surface area contributed by atoms with Crippen LogP contribution in [-0.2, 0) is 20.5 Å². The maximum atomic E-state index is 12.9. The SMILES string of the molecule is Cc1nc(/C=C/C(=O)OCC(=O)Nc2ccc(Cl)cc2C(F)(F)F)cs1. The van der Waals surface area contributed by atoms with Crippen LogP contribution >= 0.6 is 22.9 Å². The van der Waals surface area contributed by atoms with Gasteiger partial charge in [0.1, 0.15) is 0 Å². The number of benzene rings is 1. The summed E-state index contributed by atoms with van der Waals surface area (Å²) in [5.74, 6) is -1.73. The Morgan fingerprint density at radius 1 is 1.38 bits per heavy atom. The average molecular weight is 405 g/mol. The molecule has 0 unspecified atom stereocenters. The third kappa shape index (κ3) is 5.85. The number of carbonyl (C=O) groups excluding carboxylic acids is 2. The molecule has 0 aliphatic carbocycles. The molecule has 26 heavy (non-hydrogen) atoms. The topological polar surface area (TPSA) is 68.3 Å². The summed E-state index contributed by atoms with van der Waals surface area (Å²) in [7, 11) is 0. The molecule has 1 aromatic carbocycles. The molecule has 0 fully saturated rings. The van der Waals surface area contributed by atoms with E-state index in [-0.39, 0.29) is 5.02 Å². The fourth-order valence-electron chi connectivity index (χ4n) is 1.84. The van der Waals surface area contributed by atoms with Crippen molar-refractivity contribution in [2.45, 2.75) is 13.1 Å². The first-order chi connectivity index (χ1) is 12.1. The zero-order valence-corrected chi connectivity index (χ0v) is 14.8. The Kier molecular flexibility index (Phi) is 6.38. The normalized spacial score (nSPS) is 11.6. The molecular formula is C16H12ClF3N2O3S. The van der Waals surface area contributed by atoms with Crippen LogP contribution < -0.4 is 5.32 Å². The van der Waals surface area contributed by atoms with Gasteiger partial charge in [-0.05, 0) is 31.2 Å². The fourth-order valence-corrected chi connectivity index (χ4v) is 2.59. The molecule has 0 saturated carbocycles. The van der Waals surface area contributed by atoms with E-state index in [1.54, 1.807) is 12.3 Å². The van der Waals surface area contributed by atoms with E-state index in [1.807, 2.05) is 5.32 Å². The Bertz CT molecular complexity index is 850. The van der Waals surface area contributed by atoms with Gasteiger partial charge in [0.25, 0.3) is 5.91 Å². The van der Waals surface area contributed by atoms with Gasteiger partial charge in [-0.2, -0.15) is 13.2 Å². The molecule has 0 atom stereocenters. The lowest BCUT2D eigenvalue weighted by Crippen LogP contribution is -2.22. The standard InChI is InChI=1S/C16H12ClF3N2O3S/c1-9-21-11(8-26-9)3-5-15(24)25-7-14(23)22-13-4-2-10(17)6-12(13)16(18,19)20/h2-6,8H,7H2,1H3,(H,22,23)/b5-3+. The lowest BCUT2D eigenvalue weighted by atomic mass is 10.1. The van der Waals surface area contributed by atoms with Gasteiger partial charge in [0.05, 0.1) is 22.0 Å². The van der Waals surface area contributed by atoms with Gasteiger partial charge in [0.2, 0.25) is 0 Å². The number of hydrogen-bond donors (Lipinski definition) is 1. The molecule has 0 radical (unpaired) electrons. The Morgan fingerprint density at radius 2 is 2.12 bits per heavy atom. The van der Waals surface area contributed by atoms with E-state index < -0.39 is 35.9 Å². The monoisotopic (exact) mass is 404 g/mol. The highest BCUT2D eigenvalue weighted by molar-refractivity contribution is 7.09. The van der Waals surface area contributed by atoms with Crippen molar-refractivity contribution in [2.75, 3.05) is 11.9 Å². The summed E-state index contributed by atoms with van der Waals surface area (Å²) in [5.41, 5.74) is -1.01. The molecule has 0 aliphatic rings. The molecule has 0 aliphatic heterocycles. The molecule has 1 N–H and O–H groups in total. The van der Waals surface area contributed by atoms with E-state index in [9.17, 15) is 22.8 Å². The minimum absolute atomic E-state index is 0.121. The largest absolute Gasteiger partial charge is 0.452 e. The molecule has 1 heterocycles. The minimum Gasteiger partial charge on any atom is -0.452 e. The van der Waals surface area contributed by atoms with Gasteiger partial charge in [-0.3, -0.25) is 4.79 Å². The van der Waals surface area contributed by atoms with Gasteiger partial charge >= 0.3 is 12.1 Å². The van der Waals surface area contributed by atoms with Crippen LogP contribution in [0.2, 0.25) is 5.02 Å². The second-order valence-electron chi connectivity index (χ2n) is 4.97. The Hall–Kier alpha value is -2.39. The van der Waals surface area contributed by atoms with Crippen molar-refractivity contribution in [2.24, 2.45) is 0 Å². The van der Waals surface area contributed by atoms with Crippen molar-refractivity contribution >= 4 is 46.6 Å². The first kappa shape index (κ1) is 19.9. The molecule has 0 bridgehead atoms. The molecule has 5 nitrogen and oxygen atoms in total. The number of carbonyl (C=O) groups is 2. The van der Waals surface area contributed by atoms with E-state index >= 15 is 0 Å². The van der Waals surface area contributed by atoms with Gasteiger partial charge in [0, 0.05) is 16.5 Å². The number of amides is 1. The maximum absolute atomic E-state index is 12.9. The first-order valence-electron chi connectivity index (χ1n) is 7.08. The van der Waals surface area contributed by atoms with Gasteiger partial charge in [-0.1, -0.05) is 11.6 Å². The van der Waals surface area contributed by atoms with Crippen LogP contribution in [0.25, 0.3) is 6.08 Å². The van der Waals surface area contributed by atoms with Crippen LogP contribution in [-0.4, -0.2) is 23.5 Å². The molecule has 1 amide bonds. The van der Waals surface area contributed by atoms with Crippen molar-refractivity contribution in [3.63, 3.8) is 0 Å². The number of alkyl halides is 3. The molecule has 138 valence electrons. The number of thiazole rings is 1. The highest BCUT2D eigenvalue weighted by Crippen LogP contribution is 2.36. The van der Waals surface area contributed by atoms with Crippen molar-refractivity contribution in [1.29, 1.82) is 0 Å². The minimum atomic E-state index is -4.70. The van der Waals surface area contributed by atoms with Crippen LogP contribution in [0.5, 0.6) is 0 Å². The van der Waals surface area contributed by atoms with E-state index in [0.29, 0.717) is 11.8 Å². The van der Waals surface area contributed by atoms with E-state index in [4.69, 9.17) is 11.6 Å². The third-order valence-corrected chi connectivity index (χ3v) is 3.96. The van der Waals surface area contributed by atoms with Crippen molar-refractivity contribution < 1.29 is 27.5 Å². The van der Waals surface area contributed by atoms with Crippen molar-refractivity contribution in [3.05, 3.63) is 50.9 Å². The van der Waals surface area contributed by atoms with Gasteiger partial charge in [0.15, 0.2) is 6.61 Å². The number of ether oxygens (including phenoxy) is 1. The first-order valence-corrected chi connectivity index (χ1v) is 8.34. The summed E-state index contributed by atoms with van der Waals surface area (Å²) < 4.78 is 43.5. The van der Waals surface area contributed by atoms with Gasteiger partial charge in [-0.25, -0.2) is 9.78 Å². The molecular weight excluding hydrogens is 393 g/mol. The smallest absolute Gasteiger partial charge is 0.418 e. The second kappa shape index (κ2) is 8.33. The maximum Gasteiger partial charge on any atom is 0.418 e. The molecule has 2 aromatic rings. The second-order valence-corrected chi connectivity index (χ2v) is 6.47. The Labute approximate surface area is 155 Å². The molecule has 0 saturated heterocycles. The van der Waals surface area contributed by atoms with E-state index in [2.05, 4.69) is 9.72 Å². The molecule has 1 aromatic heterocycles. The van der Waals surface area contributed by atoms with Gasteiger partial charge < -0.3 is 10.1 Å². The number of anilines is 1. The summed E-state index contributed by atoms with van der Waals surface area (Å²) in [6, 6.07) is 2.92. The van der Waals surface area contributed by atoms with Crippen LogP contribution in [0.1, 0.15) is 16.3 Å². The van der Waals surface area contributed by atoms with E-state index in [1.165, 1.54) is 23.5 Å². The predicted molar refractivity (Wildman–Crippen MR) is 91.9 cm³/mol. The number of halogens is 4. The third-order valence-electron chi connectivity index (χ3n) is 2.93. The number of hydrogen-bond acceptors (Lipinski definition) is 5. The molecule has 0 spiro atoms. The Balaban J connectivity index is 1.93. The van der Waals surface area contributed by atoms with Crippen molar-refractivity contribution in [3.8, 4) is 0 Å². The summed E-state index contributed by atoms with van der Waals surface area (Å²) in [6.07, 6.45) is -2.21. The lowest BCUT2D eigenvalue weighted by molar-refractivity contribution is -0.142. The summed E-state index contributed by atoms with van der Waals surface area (Å²) in [6.45, 7) is 1.07. The Morgan fingerprint density at radius 3 is 2.73 bits per heavy atom. The summed E-state index contributed by atoms with van der Waals surface area (Å²) in [4.78, 5) is 27.4. The van der Waals surface area contributed by atoms with E-state index in [0.717, 1.165) is 17.2 Å². The van der Waals surface area contributed by atoms with Crippen LogP contribution in [0.4, 0.5) is 18.9 Å². The highest BCUT2D eigenvalue weighted by atomic mass is 35.5. The fraction of sp³-hybridized carbons (Fsp3) is 0.188. The van der Waals surface area contributed by atoms with Gasteiger partial charge in [-0.15, -0.1) is 11.3 Å². The highest BCUT2D eigenvalue weighted by Gasteiger charge is 2.34. The predicted octanol–water partition coefficient (Wildman–Crippen LogP) is 4.32. The number of rotatable bonds is 5. The summed E-state index contributed by atoms with van der Waals surface area (Å²) >= 11 is 6.95. The number of aromatic nitrogens is 1. The van der Waals surface area contributed by atoms with Crippen LogP contribution in [0.15, 0.2) is 29.7 Å². The summed E-state index contributed by atoms with van der Waals surface area (Å²) in [5, 5.41) is 4.47. The quantitative estimate of drug-likeness (QED) is 0.595. The average Bonchev–Trinajstić information content (AvgIpc) is 2.97. The van der Waals surface area contributed by atoms with Crippen molar-refractivity contribution in [1.82, 2.24) is 4.98 Å². The number of nitrogens with zero attached hydrogens (tertiary/aromatic N) is 1. The number of aryl methyl sites for hydroxylation is 1. The molecule has 10 heteroatoms. The lowest BCUT2D eigenvalue weighted by Gasteiger charge is -2.14. The molecule has 2 rings (SSSR count). The zero-order chi connectivity index (χ0) is 19.3. The van der Waals surface area contributed by atoms with Crippen LogP contribution in [0, 0.1) is 6.92 Å². The number of nitrogens with one attached hydrogen (secondary N) is 1.